The van der Waals surface area contributed by atoms with Gasteiger partial charge >= 0.3 is 13.7 Å². The van der Waals surface area contributed by atoms with E-state index in [1.165, 1.54) is 17.8 Å². The number of fused-ring (bicyclic) bond motifs is 1. The second-order valence-corrected chi connectivity index (χ2v) is 13.1. The monoisotopic (exact) mass is 648 g/mol. The van der Waals surface area contributed by atoms with Gasteiger partial charge in [0.25, 0.3) is 0 Å². The Bertz CT molecular complexity index is 1440. The fraction of sp³-hybridized carbons (Fsp3) is 0.567. The summed E-state index contributed by atoms with van der Waals surface area (Å²) >= 11 is 0. The molecule has 1 unspecified atom stereocenters. The molecule has 3 aromatic rings. The van der Waals surface area contributed by atoms with Crippen molar-refractivity contribution >= 4 is 25.1 Å². The van der Waals surface area contributed by atoms with Crippen LogP contribution in [0.2, 0.25) is 0 Å². The number of nitrogens with zero attached hydrogens (tertiary/aromatic N) is 3. The minimum Gasteiger partial charge on any atom is -0.464 e. The van der Waals surface area contributed by atoms with E-state index in [-0.39, 0.29) is 30.5 Å². The van der Waals surface area contributed by atoms with Crippen molar-refractivity contribution in [3.8, 4) is 5.75 Å². The molecule has 0 saturated carbocycles. The first kappa shape index (κ1) is 34.8. The predicted molar refractivity (Wildman–Crippen MR) is 167 cm³/mol. The van der Waals surface area contributed by atoms with Gasteiger partial charge in [-0.25, -0.2) is 14.1 Å². The minimum atomic E-state index is -4.33. The van der Waals surface area contributed by atoms with Crippen LogP contribution in [0.1, 0.15) is 64.7 Å². The van der Waals surface area contributed by atoms with Gasteiger partial charge in [0.1, 0.15) is 47.5 Å². The number of unbranched alkanes of at least 4 members (excludes halogenated alkanes) is 1. The molecule has 1 aromatic carbocycles. The lowest BCUT2D eigenvalue weighted by molar-refractivity contribution is -0.147. The lowest BCUT2D eigenvalue weighted by Gasteiger charge is -2.31. The summed E-state index contributed by atoms with van der Waals surface area (Å²) in [6.07, 6.45) is 0.570. The molecule has 1 saturated heterocycles. The lowest BCUT2D eigenvalue weighted by atomic mass is 9.97. The van der Waals surface area contributed by atoms with Gasteiger partial charge in [0, 0.05) is 0 Å². The molecule has 1 aliphatic heterocycles. The number of carbonyl (C=O) groups is 1. The summed E-state index contributed by atoms with van der Waals surface area (Å²) < 4.78 is 39.4. The molecule has 4 rings (SSSR count). The topological polar surface area (TPSA) is 206 Å². The molecule has 15 heteroatoms. The summed E-state index contributed by atoms with van der Waals surface area (Å²) in [5, 5.41) is 29.2. The van der Waals surface area contributed by atoms with Gasteiger partial charge in [-0.05, 0) is 56.5 Å². The Kier molecular flexibility index (Phi) is 11.9. The van der Waals surface area contributed by atoms with Crippen molar-refractivity contribution in [3.05, 3.63) is 54.5 Å². The summed E-state index contributed by atoms with van der Waals surface area (Å²) in [4.78, 5) is 17.2. The number of carbonyl (C=O) groups excluding carboxylic acids is 1. The Balaban J connectivity index is 1.56. The molecular weight excluding hydrogens is 603 g/mol. The molecule has 1 fully saturated rings. The Labute approximate surface area is 263 Å². The molecule has 2 aromatic heterocycles. The van der Waals surface area contributed by atoms with Gasteiger partial charge in [-0.15, -0.1) is 0 Å². The maximum atomic E-state index is 14.4. The summed E-state index contributed by atoms with van der Waals surface area (Å²) in [6, 6.07) is 10.7. The highest BCUT2D eigenvalue weighted by atomic mass is 31.2. The van der Waals surface area contributed by atoms with E-state index in [0.717, 1.165) is 12.8 Å². The second-order valence-electron chi connectivity index (χ2n) is 11.4. The first-order valence-electron chi connectivity index (χ1n) is 15.3. The Hall–Kier alpha value is -3.10. The smallest absolute Gasteiger partial charge is 0.459 e. The van der Waals surface area contributed by atoms with Crippen molar-refractivity contribution < 1.29 is 38.1 Å². The van der Waals surface area contributed by atoms with E-state index in [9.17, 15) is 19.6 Å². The largest absolute Gasteiger partial charge is 0.464 e. The van der Waals surface area contributed by atoms with Crippen LogP contribution in [0.3, 0.4) is 0 Å². The van der Waals surface area contributed by atoms with E-state index in [1.807, 2.05) is 13.8 Å². The minimum absolute atomic E-state index is 0.197. The lowest BCUT2D eigenvalue weighted by Crippen LogP contribution is -2.45. The van der Waals surface area contributed by atoms with E-state index in [4.69, 9.17) is 30.0 Å². The summed E-state index contributed by atoms with van der Waals surface area (Å²) in [5.74, 6) is 0.0788. The zero-order chi connectivity index (χ0) is 32.6. The van der Waals surface area contributed by atoms with Gasteiger partial charge in [0.2, 0.25) is 0 Å². The maximum absolute atomic E-state index is 14.4. The van der Waals surface area contributed by atoms with Crippen molar-refractivity contribution in [2.24, 2.45) is 11.7 Å². The van der Waals surface area contributed by atoms with Crippen LogP contribution in [-0.2, 0) is 23.4 Å². The number of nitrogen functional groups attached to an aromatic ring is 1. The van der Waals surface area contributed by atoms with Gasteiger partial charge < -0.3 is 35.7 Å². The number of rotatable bonds is 17. The predicted octanol–water partition coefficient (Wildman–Crippen LogP) is 3.13. The fourth-order valence-electron chi connectivity index (χ4n) is 5.17. The highest BCUT2D eigenvalue weighted by Gasteiger charge is 2.54. The van der Waals surface area contributed by atoms with Crippen LogP contribution in [0.5, 0.6) is 5.75 Å². The molecule has 1 aliphatic rings. The summed E-state index contributed by atoms with van der Waals surface area (Å²) in [7, 11) is -4.33. The normalized spacial score (nSPS) is 23.7. The van der Waals surface area contributed by atoms with E-state index < -0.39 is 50.3 Å². The van der Waals surface area contributed by atoms with E-state index in [2.05, 4.69) is 15.2 Å². The first-order chi connectivity index (χ1) is 21.5. The number of ether oxygens (including phenoxy) is 2. The third-order valence-electron chi connectivity index (χ3n) is 8.11. The van der Waals surface area contributed by atoms with Crippen molar-refractivity contribution in [1.82, 2.24) is 19.7 Å². The second kappa shape index (κ2) is 15.5. The van der Waals surface area contributed by atoms with E-state index >= 15 is 0 Å². The van der Waals surface area contributed by atoms with Crippen LogP contribution in [0.4, 0.5) is 5.82 Å². The quantitative estimate of drug-likeness (QED) is 0.0811. The molecule has 0 spiro atoms. The Morgan fingerprint density at radius 3 is 2.60 bits per heavy atom. The van der Waals surface area contributed by atoms with E-state index in [1.54, 1.807) is 42.5 Å². The highest BCUT2D eigenvalue weighted by molar-refractivity contribution is 7.52. The number of hydrogen-bond acceptors (Lipinski definition) is 12. The van der Waals surface area contributed by atoms with Gasteiger partial charge in [0.15, 0.2) is 5.82 Å². The number of aliphatic hydroxyl groups excluding tert-OH is 2. The van der Waals surface area contributed by atoms with Crippen LogP contribution in [0, 0.1) is 5.92 Å². The number of aromatic nitrogens is 3. The van der Waals surface area contributed by atoms with Gasteiger partial charge in [0.05, 0.1) is 18.9 Å². The standard InChI is InChI=1S/C30H45N6O8P/c1-4-20(5-2)17-41-29(39)22(13-9-10-16-31)35-45(40,44-21-11-7-6-8-12-21)42-18-30(3)27(38)25(37)26(43-30)23-14-15-24-28(32)33-19-34-36(23)24/h6-8,11-12,14-15,19-20,22,25-27,37-38H,4-5,9-10,13,16-18,31H2,1-3H3,(H,35,40)(H2,32,33,34)/t22-,25-,26-,27-,30+,45?/m0/s1. The molecule has 0 aliphatic carbocycles. The highest BCUT2D eigenvalue weighted by Crippen LogP contribution is 2.48. The molecule has 248 valence electrons. The number of aliphatic hydroxyl groups is 2. The number of esters is 1. The number of anilines is 1. The number of nitrogens with one attached hydrogen (secondary N) is 1. The van der Waals surface area contributed by atoms with Crippen LogP contribution in [0.25, 0.3) is 5.52 Å². The summed E-state index contributed by atoms with van der Waals surface area (Å²) in [6.45, 7) is 5.76. The third-order valence-corrected chi connectivity index (χ3v) is 9.66. The molecule has 0 amide bonds. The molecule has 0 radical (unpaired) electrons. The van der Waals surface area contributed by atoms with E-state index in [0.29, 0.717) is 30.6 Å². The van der Waals surface area contributed by atoms with Gasteiger partial charge in [-0.1, -0.05) is 51.3 Å². The van der Waals surface area contributed by atoms with Crippen molar-refractivity contribution in [3.63, 3.8) is 0 Å². The van der Waals surface area contributed by atoms with Crippen molar-refractivity contribution in [2.75, 3.05) is 25.5 Å². The van der Waals surface area contributed by atoms with Gasteiger partial charge in [-0.2, -0.15) is 10.2 Å². The molecule has 7 N–H and O–H groups in total. The zero-order valence-corrected chi connectivity index (χ0v) is 26.8. The maximum Gasteiger partial charge on any atom is 0.459 e. The van der Waals surface area contributed by atoms with Gasteiger partial charge in [-0.3, -0.25) is 9.32 Å². The van der Waals surface area contributed by atoms with Crippen LogP contribution < -0.4 is 21.1 Å². The molecule has 6 atom stereocenters. The Morgan fingerprint density at radius 1 is 1.18 bits per heavy atom. The molecule has 0 bridgehead atoms. The number of benzene rings is 1. The summed E-state index contributed by atoms with van der Waals surface area (Å²) in [5.41, 5.74) is 11.0. The van der Waals surface area contributed by atoms with Crippen LogP contribution in [-0.4, -0.2) is 74.4 Å². The number of nitrogens with two attached hydrogens (primary N) is 2. The SMILES string of the molecule is CCC(CC)COC(=O)[C@H](CCCCN)NP(=O)(OC[C@@]1(C)O[C@@H](c2ccc3c(N)ncnn23)[C@H](O)[C@@H]1O)Oc1ccccc1. The van der Waals surface area contributed by atoms with Crippen molar-refractivity contribution in [2.45, 2.75) is 82.8 Å². The van der Waals surface area contributed by atoms with Crippen molar-refractivity contribution in [1.29, 1.82) is 0 Å². The fourth-order valence-corrected chi connectivity index (χ4v) is 6.79. The number of hydrogen-bond donors (Lipinski definition) is 5. The third kappa shape index (κ3) is 8.39. The Morgan fingerprint density at radius 2 is 1.91 bits per heavy atom. The van der Waals surface area contributed by atoms with Crippen LogP contribution >= 0.6 is 7.75 Å². The average Bonchev–Trinajstić information content (AvgIpc) is 3.56. The number of para-hydroxylation sites is 1. The molecular formula is C30H45N6O8P. The molecule has 3 heterocycles. The average molecular weight is 649 g/mol. The first-order valence-corrected chi connectivity index (χ1v) is 16.8. The van der Waals surface area contributed by atoms with Crippen LogP contribution in [0.15, 0.2) is 48.8 Å². The molecule has 45 heavy (non-hydrogen) atoms. The zero-order valence-electron chi connectivity index (χ0n) is 25.9. The molecule has 14 nitrogen and oxygen atoms in total.